The van der Waals surface area contributed by atoms with Crippen LogP contribution in [-0.2, 0) is 0 Å². The van der Waals surface area contributed by atoms with Gasteiger partial charge in [-0.05, 0) is 32.0 Å². The third-order valence-electron chi connectivity index (χ3n) is 2.74. The molecule has 7 nitrogen and oxygen atoms in total. The zero-order valence-corrected chi connectivity index (χ0v) is 11.5. The SMILES string of the molecule is CC(=NNC(=O)c1cccc([N+](=O)[O-])c1)c1ccc(C)o1. The minimum Gasteiger partial charge on any atom is -0.460 e. The van der Waals surface area contributed by atoms with Crippen LogP contribution in [0.3, 0.4) is 0 Å². The molecular formula is C14H13N3O4. The number of non-ortho nitro benzene ring substituents is 1. The highest BCUT2D eigenvalue weighted by atomic mass is 16.6. The van der Waals surface area contributed by atoms with Crippen LogP contribution in [0.2, 0.25) is 0 Å². The van der Waals surface area contributed by atoms with Gasteiger partial charge in [-0.3, -0.25) is 14.9 Å². The van der Waals surface area contributed by atoms with Gasteiger partial charge in [0.05, 0.1) is 4.92 Å². The predicted octanol–water partition coefficient (Wildman–Crippen LogP) is 2.65. The number of carbonyl (C=O) groups is 1. The molecule has 0 fully saturated rings. The van der Waals surface area contributed by atoms with Gasteiger partial charge >= 0.3 is 0 Å². The van der Waals surface area contributed by atoms with E-state index in [1.54, 1.807) is 26.0 Å². The number of rotatable bonds is 4. The van der Waals surface area contributed by atoms with Crippen LogP contribution in [0, 0.1) is 17.0 Å². The third-order valence-corrected chi connectivity index (χ3v) is 2.74. The van der Waals surface area contributed by atoms with Crippen molar-refractivity contribution in [3.05, 3.63) is 63.6 Å². The number of benzene rings is 1. The molecule has 2 rings (SSSR count). The Morgan fingerprint density at radius 2 is 2.10 bits per heavy atom. The molecule has 2 aromatic rings. The van der Waals surface area contributed by atoms with E-state index in [2.05, 4.69) is 10.5 Å². The average Bonchev–Trinajstić information content (AvgIpc) is 2.91. The molecule has 1 N–H and O–H groups in total. The number of carbonyl (C=O) groups excluding carboxylic acids is 1. The molecule has 0 bridgehead atoms. The molecule has 0 aliphatic heterocycles. The van der Waals surface area contributed by atoms with Crippen LogP contribution in [0.5, 0.6) is 0 Å². The van der Waals surface area contributed by atoms with Crippen LogP contribution in [0.25, 0.3) is 0 Å². The van der Waals surface area contributed by atoms with Gasteiger partial charge in [0.15, 0.2) is 0 Å². The lowest BCUT2D eigenvalue weighted by Gasteiger charge is -2.01. The molecule has 0 saturated heterocycles. The van der Waals surface area contributed by atoms with Crippen LogP contribution in [0.15, 0.2) is 45.9 Å². The number of nitro groups is 1. The molecule has 1 amide bonds. The summed E-state index contributed by atoms with van der Waals surface area (Å²) in [6.45, 7) is 3.49. The van der Waals surface area contributed by atoms with Crippen molar-refractivity contribution in [3.8, 4) is 0 Å². The van der Waals surface area contributed by atoms with Gasteiger partial charge in [0.25, 0.3) is 11.6 Å². The second kappa shape index (κ2) is 6.00. The Morgan fingerprint density at radius 1 is 1.33 bits per heavy atom. The quantitative estimate of drug-likeness (QED) is 0.531. The lowest BCUT2D eigenvalue weighted by molar-refractivity contribution is -0.384. The molecule has 1 heterocycles. The second-order valence-corrected chi connectivity index (χ2v) is 4.36. The molecule has 0 spiro atoms. The number of hydrogen-bond donors (Lipinski definition) is 1. The van der Waals surface area contributed by atoms with Crippen LogP contribution in [0.4, 0.5) is 5.69 Å². The lowest BCUT2D eigenvalue weighted by atomic mass is 10.2. The van der Waals surface area contributed by atoms with Crippen molar-refractivity contribution >= 4 is 17.3 Å². The van der Waals surface area contributed by atoms with Crippen molar-refractivity contribution in [2.75, 3.05) is 0 Å². The summed E-state index contributed by atoms with van der Waals surface area (Å²) in [5.74, 6) is 0.762. The number of amides is 1. The van der Waals surface area contributed by atoms with Gasteiger partial charge in [0, 0.05) is 17.7 Å². The predicted molar refractivity (Wildman–Crippen MR) is 76.2 cm³/mol. The molecule has 0 radical (unpaired) electrons. The zero-order chi connectivity index (χ0) is 15.4. The molecule has 108 valence electrons. The van der Waals surface area contributed by atoms with E-state index in [4.69, 9.17) is 4.42 Å². The Labute approximate surface area is 120 Å². The van der Waals surface area contributed by atoms with Gasteiger partial charge in [-0.2, -0.15) is 5.10 Å². The molecule has 21 heavy (non-hydrogen) atoms. The van der Waals surface area contributed by atoms with E-state index in [1.807, 2.05) is 0 Å². The maximum Gasteiger partial charge on any atom is 0.271 e. The van der Waals surface area contributed by atoms with Crippen molar-refractivity contribution in [2.45, 2.75) is 13.8 Å². The first kappa shape index (κ1) is 14.4. The van der Waals surface area contributed by atoms with Crippen LogP contribution in [0.1, 0.15) is 28.8 Å². The Hall–Kier alpha value is -2.96. The maximum absolute atomic E-state index is 11.9. The molecule has 1 aromatic carbocycles. The minimum absolute atomic E-state index is 0.148. The fourth-order valence-corrected chi connectivity index (χ4v) is 1.64. The van der Waals surface area contributed by atoms with E-state index in [-0.39, 0.29) is 11.3 Å². The Kier molecular flexibility index (Phi) is 4.13. The highest BCUT2D eigenvalue weighted by Crippen LogP contribution is 2.13. The summed E-state index contributed by atoms with van der Waals surface area (Å²) >= 11 is 0. The van der Waals surface area contributed by atoms with Crippen molar-refractivity contribution in [3.63, 3.8) is 0 Å². The van der Waals surface area contributed by atoms with Crippen LogP contribution in [-0.4, -0.2) is 16.5 Å². The van der Waals surface area contributed by atoms with E-state index in [9.17, 15) is 14.9 Å². The van der Waals surface area contributed by atoms with Gasteiger partial charge in [-0.1, -0.05) is 6.07 Å². The maximum atomic E-state index is 11.9. The van der Waals surface area contributed by atoms with E-state index in [0.717, 1.165) is 5.76 Å². The summed E-state index contributed by atoms with van der Waals surface area (Å²) in [6.07, 6.45) is 0. The van der Waals surface area contributed by atoms with Gasteiger partial charge in [0.2, 0.25) is 0 Å². The first-order valence-electron chi connectivity index (χ1n) is 6.13. The van der Waals surface area contributed by atoms with Gasteiger partial charge in [-0.25, -0.2) is 5.43 Å². The standard InChI is InChI=1S/C14H13N3O4/c1-9-6-7-13(21-9)10(2)15-16-14(18)11-4-3-5-12(8-11)17(19)20/h3-8H,1-2H3,(H,16,18). The number of furan rings is 1. The zero-order valence-electron chi connectivity index (χ0n) is 11.5. The lowest BCUT2D eigenvalue weighted by Crippen LogP contribution is -2.19. The number of hydrogen-bond acceptors (Lipinski definition) is 5. The van der Waals surface area contributed by atoms with E-state index in [0.29, 0.717) is 11.5 Å². The first-order chi connectivity index (χ1) is 9.97. The highest BCUT2D eigenvalue weighted by molar-refractivity contribution is 5.99. The minimum atomic E-state index is -0.559. The topological polar surface area (TPSA) is 97.7 Å². The number of nitrogens with zero attached hydrogens (tertiary/aromatic N) is 2. The van der Waals surface area contributed by atoms with E-state index in [1.165, 1.54) is 24.3 Å². The molecule has 0 unspecified atom stereocenters. The van der Waals surface area contributed by atoms with E-state index < -0.39 is 10.8 Å². The Morgan fingerprint density at radius 3 is 2.71 bits per heavy atom. The van der Waals surface area contributed by atoms with Crippen LogP contribution >= 0.6 is 0 Å². The first-order valence-corrected chi connectivity index (χ1v) is 6.13. The van der Waals surface area contributed by atoms with Gasteiger partial charge in [0.1, 0.15) is 17.2 Å². The number of aryl methyl sites for hydroxylation is 1. The van der Waals surface area contributed by atoms with Crippen molar-refractivity contribution in [1.29, 1.82) is 0 Å². The van der Waals surface area contributed by atoms with Gasteiger partial charge < -0.3 is 4.42 Å². The largest absolute Gasteiger partial charge is 0.460 e. The van der Waals surface area contributed by atoms with Crippen LogP contribution < -0.4 is 5.43 Å². The van der Waals surface area contributed by atoms with Crippen molar-refractivity contribution < 1.29 is 14.1 Å². The Bertz CT molecular complexity index is 719. The number of nitro benzene ring substituents is 1. The smallest absolute Gasteiger partial charge is 0.271 e. The van der Waals surface area contributed by atoms with Gasteiger partial charge in [-0.15, -0.1) is 0 Å². The summed E-state index contributed by atoms with van der Waals surface area (Å²) in [7, 11) is 0. The molecule has 0 aliphatic carbocycles. The number of nitrogens with one attached hydrogen (secondary N) is 1. The second-order valence-electron chi connectivity index (χ2n) is 4.36. The summed E-state index contributed by atoms with van der Waals surface area (Å²) < 4.78 is 5.36. The molecule has 1 aromatic heterocycles. The van der Waals surface area contributed by atoms with Crippen molar-refractivity contribution in [2.24, 2.45) is 5.10 Å². The third kappa shape index (κ3) is 3.53. The Balaban J connectivity index is 2.11. The monoisotopic (exact) mass is 287 g/mol. The summed E-state index contributed by atoms with van der Waals surface area (Å²) in [6, 6.07) is 8.96. The number of hydrazone groups is 1. The normalized spacial score (nSPS) is 11.2. The molecule has 0 atom stereocenters. The van der Waals surface area contributed by atoms with E-state index >= 15 is 0 Å². The average molecular weight is 287 g/mol. The van der Waals surface area contributed by atoms with Crippen molar-refractivity contribution in [1.82, 2.24) is 5.43 Å². The molecule has 0 saturated carbocycles. The molecular weight excluding hydrogens is 274 g/mol. The molecule has 7 heteroatoms. The summed E-state index contributed by atoms with van der Waals surface area (Å²) in [5.41, 5.74) is 2.86. The summed E-state index contributed by atoms with van der Waals surface area (Å²) in [4.78, 5) is 22.0. The molecule has 0 aliphatic rings. The fourth-order valence-electron chi connectivity index (χ4n) is 1.64. The highest BCUT2D eigenvalue weighted by Gasteiger charge is 2.11. The fraction of sp³-hybridized carbons (Fsp3) is 0.143. The summed E-state index contributed by atoms with van der Waals surface area (Å²) in [5, 5.41) is 14.6.